The van der Waals surface area contributed by atoms with E-state index >= 15 is 0 Å². The Morgan fingerprint density at radius 1 is 1.41 bits per heavy atom. The highest BCUT2D eigenvalue weighted by atomic mass is 19.1. The van der Waals surface area contributed by atoms with Crippen molar-refractivity contribution in [2.45, 2.75) is 6.54 Å². The molecule has 0 aliphatic heterocycles. The highest BCUT2D eigenvalue weighted by Gasteiger charge is 2.11. The van der Waals surface area contributed by atoms with Gasteiger partial charge in [-0.3, -0.25) is 0 Å². The summed E-state index contributed by atoms with van der Waals surface area (Å²) in [5.74, 6) is -0.725. The van der Waals surface area contributed by atoms with E-state index in [1.807, 2.05) is 0 Å². The van der Waals surface area contributed by atoms with Crippen LogP contribution >= 0.6 is 0 Å². The van der Waals surface area contributed by atoms with Crippen LogP contribution in [0.2, 0.25) is 0 Å². The summed E-state index contributed by atoms with van der Waals surface area (Å²) in [7, 11) is 1.32. The Labute approximate surface area is 97.7 Å². The molecule has 1 heterocycles. The lowest BCUT2D eigenvalue weighted by atomic mass is 10.2. The third-order valence-electron chi connectivity index (χ3n) is 2.37. The zero-order valence-electron chi connectivity index (χ0n) is 9.26. The number of carbonyl (C=O) groups excluding carboxylic acids is 1. The average molecular weight is 234 g/mol. The summed E-state index contributed by atoms with van der Waals surface area (Å²) in [6.07, 6.45) is 2.98. The molecule has 0 saturated heterocycles. The predicted molar refractivity (Wildman–Crippen MR) is 59.1 cm³/mol. The molecule has 0 N–H and O–H groups in total. The molecule has 0 bridgehead atoms. The van der Waals surface area contributed by atoms with Gasteiger partial charge in [0.05, 0.1) is 19.6 Å². The summed E-state index contributed by atoms with van der Waals surface area (Å²) in [6.45, 7) is 0.449. The monoisotopic (exact) mass is 234 g/mol. The number of nitrogens with zero attached hydrogens (tertiary/aromatic N) is 2. The number of benzene rings is 1. The maximum atomic E-state index is 12.7. The van der Waals surface area contributed by atoms with Crippen molar-refractivity contribution in [1.29, 1.82) is 0 Å². The van der Waals surface area contributed by atoms with Crippen LogP contribution in [0.1, 0.15) is 16.1 Å². The Balaban J connectivity index is 2.21. The van der Waals surface area contributed by atoms with Crippen molar-refractivity contribution in [1.82, 2.24) is 9.55 Å². The van der Waals surface area contributed by atoms with Gasteiger partial charge in [-0.25, -0.2) is 14.2 Å². The molecule has 0 unspecified atom stereocenters. The van der Waals surface area contributed by atoms with E-state index in [2.05, 4.69) is 9.72 Å². The van der Waals surface area contributed by atoms with E-state index in [-0.39, 0.29) is 5.82 Å². The van der Waals surface area contributed by atoms with Crippen molar-refractivity contribution in [3.63, 3.8) is 0 Å². The Kier molecular flexibility index (Phi) is 3.18. The van der Waals surface area contributed by atoms with E-state index < -0.39 is 5.97 Å². The molecule has 17 heavy (non-hydrogen) atoms. The molecule has 5 heteroatoms. The van der Waals surface area contributed by atoms with Gasteiger partial charge in [-0.15, -0.1) is 0 Å². The summed E-state index contributed by atoms with van der Waals surface area (Å²) in [5.41, 5.74) is 1.26. The molecule has 1 aromatic carbocycles. The van der Waals surface area contributed by atoms with Gasteiger partial charge in [-0.1, -0.05) is 12.1 Å². The minimum absolute atomic E-state index is 0.285. The maximum Gasteiger partial charge on any atom is 0.356 e. The van der Waals surface area contributed by atoms with Crippen LogP contribution in [-0.2, 0) is 11.3 Å². The predicted octanol–water partition coefficient (Wildman–Crippen LogP) is 1.86. The normalized spacial score (nSPS) is 10.2. The molecular formula is C12H11FN2O2. The quantitative estimate of drug-likeness (QED) is 0.761. The molecule has 0 amide bonds. The summed E-state index contributed by atoms with van der Waals surface area (Å²) in [4.78, 5) is 15.3. The lowest BCUT2D eigenvalue weighted by Crippen LogP contribution is -2.10. The number of ether oxygens (including phenoxy) is 1. The number of imidazole rings is 1. The van der Waals surface area contributed by atoms with E-state index in [0.29, 0.717) is 12.2 Å². The van der Waals surface area contributed by atoms with Crippen molar-refractivity contribution in [2.24, 2.45) is 0 Å². The van der Waals surface area contributed by atoms with E-state index in [1.54, 1.807) is 16.7 Å². The minimum atomic E-state index is -0.440. The van der Waals surface area contributed by atoms with E-state index in [0.717, 1.165) is 5.56 Å². The van der Waals surface area contributed by atoms with Crippen LogP contribution in [0.4, 0.5) is 4.39 Å². The standard InChI is InChI=1S/C12H11FN2O2/c1-17-12(16)11-6-14-8-15(11)7-9-2-4-10(13)5-3-9/h2-6,8H,7H2,1H3. The molecule has 88 valence electrons. The summed E-state index contributed by atoms with van der Waals surface area (Å²) < 4.78 is 19.0. The molecule has 4 nitrogen and oxygen atoms in total. The second-order valence-corrected chi connectivity index (χ2v) is 3.52. The lowest BCUT2D eigenvalue weighted by Gasteiger charge is -2.06. The van der Waals surface area contributed by atoms with Gasteiger partial charge in [0.25, 0.3) is 0 Å². The number of carbonyl (C=O) groups is 1. The molecule has 0 aliphatic carbocycles. The fourth-order valence-corrected chi connectivity index (χ4v) is 1.51. The molecule has 2 rings (SSSR count). The highest BCUT2D eigenvalue weighted by Crippen LogP contribution is 2.08. The van der Waals surface area contributed by atoms with Gasteiger partial charge in [0.1, 0.15) is 11.5 Å². The van der Waals surface area contributed by atoms with Crippen molar-refractivity contribution >= 4 is 5.97 Å². The minimum Gasteiger partial charge on any atom is -0.464 e. The number of hydrogen-bond donors (Lipinski definition) is 0. The van der Waals surface area contributed by atoms with Gasteiger partial charge in [-0.05, 0) is 17.7 Å². The van der Waals surface area contributed by atoms with Crippen molar-refractivity contribution in [3.8, 4) is 0 Å². The molecule has 2 aromatic rings. The zero-order chi connectivity index (χ0) is 12.3. The molecular weight excluding hydrogens is 223 g/mol. The molecule has 0 aliphatic rings. The van der Waals surface area contributed by atoms with Crippen LogP contribution in [-0.4, -0.2) is 22.6 Å². The van der Waals surface area contributed by atoms with Gasteiger partial charge < -0.3 is 9.30 Å². The molecule has 0 radical (unpaired) electrons. The van der Waals surface area contributed by atoms with Crippen molar-refractivity contribution in [2.75, 3.05) is 7.11 Å². The summed E-state index contributed by atoms with van der Waals surface area (Å²) >= 11 is 0. The second-order valence-electron chi connectivity index (χ2n) is 3.52. The molecule has 0 atom stereocenters. The fourth-order valence-electron chi connectivity index (χ4n) is 1.51. The van der Waals surface area contributed by atoms with Gasteiger partial charge in [0, 0.05) is 6.54 Å². The SMILES string of the molecule is COC(=O)c1cncn1Cc1ccc(F)cc1. The summed E-state index contributed by atoms with van der Waals surface area (Å²) in [5, 5.41) is 0. The van der Waals surface area contributed by atoms with Gasteiger partial charge >= 0.3 is 5.97 Å². The topological polar surface area (TPSA) is 44.1 Å². The Hall–Kier alpha value is -2.17. The van der Waals surface area contributed by atoms with E-state index in [4.69, 9.17) is 0 Å². The van der Waals surface area contributed by atoms with Gasteiger partial charge in [-0.2, -0.15) is 0 Å². The van der Waals surface area contributed by atoms with Crippen LogP contribution in [0.5, 0.6) is 0 Å². The number of esters is 1. The fraction of sp³-hybridized carbons (Fsp3) is 0.167. The maximum absolute atomic E-state index is 12.7. The first-order chi connectivity index (χ1) is 8.20. The zero-order valence-corrected chi connectivity index (χ0v) is 9.26. The van der Waals surface area contributed by atoms with E-state index in [9.17, 15) is 9.18 Å². The molecule has 0 fully saturated rings. The van der Waals surface area contributed by atoms with Crippen molar-refractivity contribution < 1.29 is 13.9 Å². The summed E-state index contributed by atoms with van der Waals surface area (Å²) in [6, 6.07) is 6.08. The first-order valence-electron chi connectivity index (χ1n) is 5.03. The van der Waals surface area contributed by atoms with Crippen LogP contribution in [0, 0.1) is 5.82 Å². The smallest absolute Gasteiger partial charge is 0.356 e. The third kappa shape index (κ3) is 2.50. The Bertz CT molecular complexity index is 520. The van der Waals surface area contributed by atoms with E-state index in [1.165, 1.54) is 31.8 Å². The first-order valence-corrected chi connectivity index (χ1v) is 5.03. The van der Waals surface area contributed by atoms with Crippen LogP contribution in [0.25, 0.3) is 0 Å². The highest BCUT2D eigenvalue weighted by molar-refractivity contribution is 5.87. The van der Waals surface area contributed by atoms with Crippen LogP contribution in [0.15, 0.2) is 36.8 Å². The largest absolute Gasteiger partial charge is 0.464 e. The van der Waals surface area contributed by atoms with Gasteiger partial charge in [0.15, 0.2) is 0 Å². The van der Waals surface area contributed by atoms with Crippen LogP contribution in [0.3, 0.4) is 0 Å². The first kappa shape index (κ1) is 11.3. The molecule has 0 saturated carbocycles. The van der Waals surface area contributed by atoms with Gasteiger partial charge in [0.2, 0.25) is 0 Å². The second kappa shape index (κ2) is 4.78. The number of aromatic nitrogens is 2. The Morgan fingerprint density at radius 3 is 2.76 bits per heavy atom. The van der Waals surface area contributed by atoms with Crippen molar-refractivity contribution in [3.05, 3.63) is 53.9 Å². The number of halogens is 1. The molecule has 0 spiro atoms. The van der Waals surface area contributed by atoms with Crippen LogP contribution < -0.4 is 0 Å². The number of rotatable bonds is 3. The Morgan fingerprint density at radius 2 is 2.12 bits per heavy atom. The number of hydrogen-bond acceptors (Lipinski definition) is 3. The molecule has 1 aromatic heterocycles. The third-order valence-corrected chi connectivity index (χ3v) is 2.37. The average Bonchev–Trinajstić information content (AvgIpc) is 2.79. The lowest BCUT2D eigenvalue weighted by molar-refractivity contribution is 0.0589. The number of methoxy groups -OCH3 is 1.